The van der Waals surface area contributed by atoms with Crippen LogP contribution < -0.4 is 5.32 Å². The normalized spacial score (nSPS) is 14.5. The average molecular weight is 275 g/mol. The Hall–Kier alpha value is -0.820. The van der Waals surface area contributed by atoms with Crippen LogP contribution in [0.15, 0.2) is 24.3 Å². The molecule has 0 saturated carbocycles. The molecule has 1 N–H and O–H groups in total. The van der Waals surface area contributed by atoms with Crippen molar-refractivity contribution in [2.75, 3.05) is 6.54 Å². The fourth-order valence-electron chi connectivity index (χ4n) is 2.57. The van der Waals surface area contributed by atoms with Crippen LogP contribution in [-0.2, 0) is 0 Å². The van der Waals surface area contributed by atoms with Gasteiger partial charge >= 0.3 is 0 Å². The molecule has 0 radical (unpaired) electrons. The lowest BCUT2D eigenvalue weighted by atomic mass is 9.97. The van der Waals surface area contributed by atoms with Crippen LogP contribution in [0.5, 0.6) is 0 Å². The molecule has 0 bridgehead atoms. The van der Waals surface area contributed by atoms with Crippen LogP contribution in [0, 0.1) is 5.92 Å². The second-order valence-electron chi connectivity index (χ2n) is 6.37. The van der Waals surface area contributed by atoms with Gasteiger partial charge in [-0.05, 0) is 42.9 Å². The van der Waals surface area contributed by atoms with E-state index in [4.69, 9.17) is 0 Å². The van der Waals surface area contributed by atoms with Crippen molar-refractivity contribution in [3.05, 3.63) is 35.4 Å². The first-order valence-corrected chi connectivity index (χ1v) is 8.41. The van der Waals surface area contributed by atoms with Crippen molar-refractivity contribution in [2.24, 2.45) is 5.92 Å². The number of hydrogen-bond acceptors (Lipinski definition) is 1. The summed E-state index contributed by atoms with van der Waals surface area (Å²) in [4.78, 5) is 0. The van der Waals surface area contributed by atoms with E-state index in [1.165, 1.54) is 36.8 Å². The molecule has 0 heterocycles. The Morgan fingerprint density at radius 1 is 0.950 bits per heavy atom. The zero-order valence-electron chi connectivity index (χ0n) is 14.1. The number of hydrogen-bond donors (Lipinski definition) is 1. The quantitative estimate of drug-likeness (QED) is 0.611. The highest BCUT2D eigenvalue weighted by molar-refractivity contribution is 5.26. The standard InChI is InChI=1S/C19H33N/c1-6-8-9-17(7-2)14-20-16(5)19-12-10-18(11-13-19)15(3)4/h10-13,15-17,20H,6-9,14H2,1-5H3. The molecular formula is C19H33N. The molecule has 0 aliphatic rings. The predicted octanol–water partition coefficient (Wildman–Crippen LogP) is 5.68. The first-order valence-electron chi connectivity index (χ1n) is 8.41. The van der Waals surface area contributed by atoms with E-state index in [1.807, 2.05) is 0 Å². The summed E-state index contributed by atoms with van der Waals surface area (Å²) in [7, 11) is 0. The van der Waals surface area contributed by atoms with Crippen molar-refractivity contribution < 1.29 is 0 Å². The maximum Gasteiger partial charge on any atom is 0.0291 e. The third-order valence-corrected chi connectivity index (χ3v) is 4.36. The Morgan fingerprint density at radius 3 is 2.05 bits per heavy atom. The van der Waals surface area contributed by atoms with Crippen molar-refractivity contribution in [3.8, 4) is 0 Å². The molecule has 0 aliphatic carbocycles. The number of benzene rings is 1. The van der Waals surface area contributed by atoms with Gasteiger partial charge in [0, 0.05) is 6.04 Å². The fraction of sp³-hybridized carbons (Fsp3) is 0.684. The van der Waals surface area contributed by atoms with Crippen LogP contribution in [0.25, 0.3) is 0 Å². The van der Waals surface area contributed by atoms with E-state index in [1.54, 1.807) is 0 Å². The van der Waals surface area contributed by atoms with Crippen LogP contribution >= 0.6 is 0 Å². The highest BCUT2D eigenvalue weighted by Crippen LogP contribution is 2.19. The lowest BCUT2D eigenvalue weighted by molar-refractivity contribution is 0.398. The molecule has 0 amide bonds. The van der Waals surface area contributed by atoms with E-state index in [-0.39, 0.29) is 0 Å². The van der Waals surface area contributed by atoms with Crippen LogP contribution in [-0.4, -0.2) is 6.54 Å². The molecule has 114 valence electrons. The third-order valence-electron chi connectivity index (χ3n) is 4.36. The van der Waals surface area contributed by atoms with Crippen molar-refractivity contribution in [1.29, 1.82) is 0 Å². The van der Waals surface area contributed by atoms with Crippen LogP contribution in [0.3, 0.4) is 0 Å². The number of unbranched alkanes of at least 4 members (excludes halogenated alkanes) is 1. The molecule has 1 aromatic carbocycles. The second-order valence-corrected chi connectivity index (χ2v) is 6.37. The van der Waals surface area contributed by atoms with Gasteiger partial charge in [-0.15, -0.1) is 0 Å². The van der Waals surface area contributed by atoms with Crippen LogP contribution in [0.1, 0.15) is 83.4 Å². The summed E-state index contributed by atoms with van der Waals surface area (Å²) in [6, 6.07) is 9.55. The van der Waals surface area contributed by atoms with Gasteiger partial charge in [-0.2, -0.15) is 0 Å². The van der Waals surface area contributed by atoms with E-state index in [0.29, 0.717) is 12.0 Å². The van der Waals surface area contributed by atoms with Gasteiger partial charge in [0.15, 0.2) is 0 Å². The van der Waals surface area contributed by atoms with E-state index < -0.39 is 0 Å². The highest BCUT2D eigenvalue weighted by Gasteiger charge is 2.10. The van der Waals surface area contributed by atoms with Crippen LogP contribution in [0.2, 0.25) is 0 Å². The molecule has 1 heteroatoms. The molecule has 0 aliphatic heterocycles. The topological polar surface area (TPSA) is 12.0 Å². The Labute approximate surface area is 126 Å². The molecule has 1 aromatic rings. The van der Waals surface area contributed by atoms with Crippen molar-refractivity contribution in [1.82, 2.24) is 5.32 Å². The molecule has 1 nitrogen and oxygen atoms in total. The molecule has 2 atom stereocenters. The number of nitrogens with one attached hydrogen (secondary N) is 1. The van der Waals surface area contributed by atoms with E-state index in [2.05, 4.69) is 64.2 Å². The molecular weight excluding hydrogens is 242 g/mol. The minimum absolute atomic E-state index is 0.451. The molecule has 0 aromatic heterocycles. The molecule has 0 saturated heterocycles. The maximum absolute atomic E-state index is 3.71. The lowest BCUT2D eigenvalue weighted by Gasteiger charge is -2.20. The third kappa shape index (κ3) is 5.66. The summed E-state index contributed by atoms with van der Waals surface area (Å²) >= 11 is 0. The smallest absolute Gasteiger partial charge is 0.0291 e. The number of rotatable bonds is 9. The molecule has 20 heavy (non-hydrogen) atoms. The predicted molar refractivity (Wildman–Crippen MR) is 90.3 cm³/mol. The summed E-state index contributed by atoms with van der Waals surface area (Å²) in [5.41, 5.74) is 2.83. The highest BCUT2D eigenvalue weighted by atomic mass is 14.9. The molecule has 0 spiro atoms. The Kier molecular flexibility index (Phi) is 7.91. The lowest BCUT2D eigenvalue weighted by Crippen LogP contribution is -2.25. The summed E-state index contributed by atoms with van der Waals surface area (Å²) in [5.74, 6) is 1.44. The summed E-state index contributed by atoms with van der Waals surface area (Å²) in [6.07, 6.45) is 5.31. The fourth-order valence-corrected chi connectivity index (χ4v) is 2.57. The van der Waals surface area contributed by atoms with Gasteiger partial charge < -0.3 is 5.32 Å². The van der Waals surface area contributed by atoms with Gasteiger partial charge in [0.25, 0.3) is 0 Å². The van der Waals surface area contributed by atoms with Gasteiger partial charge in [0.05, 0.1) is 0 Å². The van der Waals surface area contributed by atoms with Gasteiger partial charge in [-0.1, -0.05) is 71.2 Å². The van der Waals surface area contributed by atoms with Crippen molar-refractivity contribution >= 4 is 0 Å². The first kappa shape index (κ1) is 17.2. The maximum atomic E-state index is 3.71. The molecule has 2 unspecified atom stereocenters. The first-order chi connectivity index (χ1) is 9.58. The monoisotopic (exact) mass is 275 g/mol. The zero-order valence-corrected chi connectivity index (χ0v) is 14.1. The SMILES string of the molecule is CCCCC(CC)CNC(C)c1ccc(C(C)C)cc1. The van der Waals surface area contributed by atoms with E-state index in [9.17, 15) is 0 Å². The van der Waals surface area contributed by atoms with Gasteiger partial charge in [-0.25, -0.2) is 0 Å². The minimum atomic E-state index is 0.451. The van der Waals surface area contributed by atoms with Crippen molar-refractivity contribution in [3.63, 3.8) is 0 Å². The largest absolute Gasteiger partial charge is 0.310 e. The summed E-state index contributed by atoms with van der Waals surface area (Å²) in [5, 5.41) is 3.71. The zero-order chi connectivity index (χ0) is 15.0. The van der Waals surface area contributed by atoms with E-state index >= 15 is 0 Å². The molecule has 1 rings (SSSR count). The Bertz CT molecular complexity index is 353. The van der Waals surface area contributed by atoms with E-state index in [0.717, 1.165) is 12.5 Å². The summed E-state index contributed by atoms with van der Waals surface area (Å²) < 4.78 is 0. The van der Waals surface area contributed by atoms with Gasteiger partial charge in [0.2, 0.25) is 0 Å². The van der Waals surface area contributed by atoms with Crippen LogP contribution in [0.4, 0.5) is 0 Å². The second kappa shape index (κ2) is 9.18. The minimum Gasteiger partial charge on any atom is -0.310 e. The molecule has 0 fully saturated rings. The average Bonchev–Trinajstić information content (AvgIpc) is 2.47. The Balaban J connectivity index is 2.46. The Morgan fingerprint density at radius 2 is 1.55 bits per heavy atom. The summed E-state index contributed by atoms with van der Waals surface area (Å²) in [6.45, 7) is 12.5. The van der Waals surface area contributed by atoms with Gasteiger partial charge in [-0.3, -0.25) is 0 Å². The van der Waals surface area contributed by atoms with Gasteiger partial charge in [0.1, 0.15) is 0 Å². The van der Waals surface area contributed by atoms with Crippen molar-refractivity contribution in [2.45, 2.75) is 72.3 Å².